The van der Waals surface area contributed by atoms with Gasteiger partial charge in [-0.15, -0.1) is 0 Å². The lowest BCUT2D eigenvalue weighted by atomic mass is 9.96. The zero-order valence-corrected chi connectivity index (χ0v) is 14.4. The van der Waals surface area contributed by atoms with Gasteiger partial charge in [-0.2, -0.15) is 0 Å². The molecule has 0 radical (unpaired) electrons. The van der Waals surface area contributed by atoms with Gasteiger partial charge in [0.05, 0.1) is 12.6 Å². The molecule has 1 unspecified atom stereocenters. The van der Waals surface area contributed by atoms with E-state index in [9.17, 15) is 0 Å². The van der Waals surface area contributed by atoms with Gasteiger partial charge in [0.2, 0.25) is 0 Å². The molecule has 0 aliphatic carbocycles. The predicted octanol–water partition coefficient (Wildman–Crippen LogP) is 5.02. The summed E-state index contributed by atoms with van der Waals surface area (Å²) in [5, 5.41) is 0. The zero-order valence-electron chi connectivity index (χ0n) is 12.8. The highest BCUT2D eigenvalue weighted by atomic mass is 79.9. The first-order valence-corrected chi connectivity index (χ1v) is 8.10. The molecule has 21 heavy (non-hydrogen) atoms. The number of hydrogen-bond acceptors (Lipinski definition) is 2. The zero-order chi connectivity index (χ0) is 15.4. The van der Waals surface area contributed by atoms with Crippen molar-refractivity contribution in [2.24, 2.45) is 5.73 Å². The molecular weight excluding hydrogens is 326 g/mol. The van der Waals surface area contributed by atoms with Crippen molar-refractivity contribution in [2.75, 3.05) is 6.61 Å². The van der Waals surface area contributed by atoms with Crippen LogP contribution in [0.4, 0.5) is 0 Å². The minimum atomic E-state index is -0.142. The fourth-order valence-corrected chi connectivity index (χ4v) is 2.89. The molecule has 0 spiro atoms. The lowest BCUT2D eigenvalue weighted by Gasteiger charge is -2.16. The standard InChI is InChI=1S/C18H22BrNO/c1-4-21-15-9-10-16(17(19)11-15)18(20)14-7-5-13(6-8-14)12(2)3/h5-12,18H,4,20H2,1-3H3. The molecule has 3 heteroatoms. The molecule has 0 aliphatic rings. The van der Waals surface area contributed by atoms with E-state index in [1.807, 2.05) is 25.1 Å². The quantitative estimate of drug-likeness (QED) is 0.823. The molecule has 0 aliphatic heterocycles. The summed E-state index contributed by atoms with van der Waals surface area (Å²) < 4.78 is 6.48. The highest BCUT2D eigenvalue weighted by molar-refractivity contribution is 9.10. The molecule has 0 aromatic heterocycles. The second-order valence-electron chi connectivity index (χ2n) is 5.42. The number of rotatable bonds is 5. The first kappa shape index (κ1) is 16.1. The van der Waals surface area contributed by atoms with Crippen molar-refractivity contribution >= 4 is 15.9 Å². The summed E-state index contributed by atoms with van der Waals surface area (Å²) in [5.41, 5.74) is 9.91. The number of nitrogens with two attached hydrogens (primary N) is 1. The van der Waals surface area contributed by atoms with Gasteiger partial charge in [0, 0.05) is 4.47 Å². The Hall–Kier alpha value is -1.32. The van der Waals surface area contributed by atoms with Crippen LogP contribution in [-0.2, 0) is 0 Å². The van der Waals surface area contributed by atoms with Crippen molar-refractivity contribution in [1.82, 2.24) is 0 Å². The summed E-state index contributed by atoms with van der Waals surface area (Å²) in [7, 11) is 0. The summed E-state index contributed by atoms with van der Waals surface area (Å²) in [6.07, 6.45) is 0. The van der Waals surface area contributed by atoms with Gasteiger partial charge in [-0.25, -0.2) is 0 Å². The van der Waals surface area contributed by atoms with Crippen molar-refractivity contribution in [1.29, 1.82) is 0 Å². The normalized spacial score (nSPS) is 12.5. The van der Waals surface area contributed by atoms with Crippen LogP contribution in [0.1, 0.15) is 49.4 Å². The minimum absolute atomic E-state index is 0.142. The molecule has 2 rings (SSSR count). The maximum atomic E-state index is 6.40. The Bertz CT molecular complexity index is 593. The van der Waals surface area contributed by atoms with Crippen LogP contribution in [0, 0.1) is 0 Å². The number of ether oxygens (including phenoxy) is 1. The van der Waals surface area contributed by atoms with Gasteiger partial charge < -0.3 is 10.5 Å². The second kappa shape index (κ2) is 7.10. The summed E-state index contributed by atoms with van der Waals surface area (Å²) in [6, 6.07) is 14.4. The SMILES string of the molecule is CCOc1ccc(C(N)c2ccc(C(C)C)cc2)c(Br)c1. The van der Waals surface area contributed by atoms with E-state index in [0.717, 1.165) is 21.3 Å². The number of hydrogen-bond donors (Lipinski definition) is 1. The molecule has 0 heterocycles. The fraction of sp³-hybridized carbons (Fsp3) is 0.333. The van der Waals surface area contributed by atoms with E-state index < -0.39 is 0 Å². The van der Waals surface area contributed by atoms with Crippen LogP contribution < -0.4 is 10.5 Å². The van der Waals surface area contributed by atoms with Gasteiger partial charge in [-0.05, 0) is 41.7 Å². The molecule has 2 aromatic carbocycles. The van der Waals surface area contributed by atoms with Crippen molar-refractivity contribution in [3.05, 3.63) is 63.6 Å². The van der Waals surface area contributed by atoms with Crippen LogP contribution >= 0.6 is 15.9 Å². The highest BCUT2D eigenvalue weighted by Gasteiger charge is 2.13. The summed E-state index contributed by atoms with van der Waals surface area (Å²) >= 11 is 3.59. The number of benzene rings is 2. The first-order valence-electron chi connectivity index (χ1n) is 7.30. The molecule has 1 atom stereocenters. The van der Waals surface area contributed by atoms with Gasteiger partial charge in [-0.1, -0.05) is 60.1 Å². The fourth-order valence-electron chi connectivity index (χ4n) is 2.28. The van der Waals surface area contributed by atoms with E-state index in [4.69, 9.17) is 10.5 Å². The molecule has 2 nitrogen and oxygen atoms in total. The van der Waals surface area contributed by atoms with Crippen molar-refractivity contribution < 1.29 is 4.74 Å². The third kappa shape index (κ3) is 3.86. The maximum absolute atomic E-state index is 6.40. The summed E-state index contributed by atoms with van der Waals surface area (Å²) in [5.74, 6) is 1.39. The largest absolute Gasteiger partial charge is 0.494 e. The van der Waals surface area contributed by atoms with Crippen molar-refractivity contribution in [3.8, 4) is 5.75 Å². The van der Waals surface area contributed by atoms with Crippen LogP contribution in [0.5, 0.6) is 5.75 Å². The monoisotopic (exact) mass is 347 g/mol. The van der Waals surface area contributed by atoms with Gasteiger partial charge in [0.15, 0.2) is 0 Å². The maximum Gasteiger partial charge on any atom is 0.120 e. The highest BCUT2D eigenvalue weighted by Crippen LogP contribution is 2.30. The lowest BCUT2D eigenvalue weighted by molar-refractivity contribution is 0.340. The van der Waals surface area contributed by atoms with E-state index in [1.54, 1.807) is 0 Å². The summed E-state index contributed by atoms with van der Waals surface area (Å²) in [4.78, 5) is 0. The van der Waals surface area contributed by atoms with Gasteiger partial charge in [-0.3, -0.25) is 0 Å². The van der Waals surface area contributed by atoms with E-state index in [1.165, 1.54) is 5.56 Å². The van der Waals surface area contributed by atoms with Crippen molar-refractivity contribution in [2.45, 2.75) is 32.7 Å². The molecule has 2 N–H and O–H groups in total. The Morgan fingerprint density at radius 2 is 1.67 bits per heavy atom. The Labute approximate surface area is 135 Å². The molecule has 2 aromatic rings. The third-order valence-electron chi connectivity index (χ3n) is 3.58. The van der Waals surface area contributed by atoms with Crippen LogP contribution in [0.25, 0.3) is 0 Å². The minimum Gasteiger partial charge on any atom is -0.494 e. The average molecular weight is 348 g/mol. The Morgan fingerprint density at radius 1 is 1.05 bits per heavy atom. The first-order chi connectivity index (χ1) is 10.0. The Kier molecular flexibility index (Phi) is 5.43. The van der Waals surface area contributed by atoms with E-state index in [2.05, 4.69) is 54.0 Å². The molecule has 0 saturated carbocycles. The van der Waals surface area contributed by atoms with Crippen LogP contribution in [0.2, 0.25) is 0 Å². The molecule has 0 amide bonds. The molecule has 0 fully saturated rings. The third-order valence-corrected chi connectivity index (χ3v) is 4.27. The van der Waals surface area contributed by atoms with Gasteiger partial charge >= 0.3 is 0 Å². The molecular formula is C18H22BrNO. The Morgan fingerprint density at radius 3 is 2.19 bits per heavy atom. The Balaban J connectivity index is 2.24. The molecule has 0 bridgehead atoms. The van der Waals surface area contributed by atoms with E-state index >= 15 is 0 Å². The topological polar surface area (TPSA) is 35.2 Å². The lowest BCUT2D eigenvalue weighted by Crippen LogP contribution is -2.12. The van der Waals surface area contributed by atoms with E-state index in [0.29, 0.717) is 12.5 Å². The molecule has 0 saturated heterocycles. The van der Waals surface area contributed by atoms with Crippen molar-refractivity contribution in [3.63, 3.8) is 0 Å². The average Bonchev–Trinajstić information content (AvgIpc) is 2.47. The smallest absolute Gasteiger partial charge is 0.120 e. The van der Waals surface area contributed by atoms with Crippen LogP contribution in [-0.4, -0.2) is 6.61 Å². The number of halogens is 1. The van der Waals surface area contributed by atoms with Gasteiger partial charge in [0.25, 0.3) is 0 Å². The second-order valence-corrected chi connectivity index (χ2v) is 6.27. The van der Waals surface area contributed by atoms with E-state index in [-0.39, 0.29) is 6.04 Å². The summed E-state index contributed by atoms with van der Waals surface area (Å²) in [6.45, 7) is 7.02. The molecule has 112 valence electrons. The van der Waals surface area contributed by atoms with Crippen LogP contribution in [0.15, 0.2) is 46.9 Å². The van der Waals surface area contributed by atoms with Crippen LogP contribution in [0.3, 0.4) is 0 Å². The van der Waals surface area contributed by atoms with Gasteiger partial charge in [0.1, 0.15) is 5.75 Å². The predicted molar refractivity (Wildman–Crippen MR) is 91.9 cm³/mol.